The molecular formula is C19H21F2KN4O2. The van der Waals surface area contributed by atoms with Gasteiger partial charge in [0, 0.05) is 5.56 Å². The fourth-order valence-electron chi connectivity index (χ4n) is 2.42. The average molecular weight is 414 g/mol. The third-order valence-corrected chi connectivity index (χ3v) is 3.82. The Hall–Kier alpha value is -1.39. The molecule has 0 atom stereocenters. The van der Waals surface area contributed by atoms with Crippen molar-refractivity contribution in [2.24, 2.45) is 10.3 Å². The summed E-state index contributed by atoms with van der Waals surface area (Å²) in [6, 6.07) is 10.1. The number of aromatic nitrogens is 1. The standard InChI is InChI=1S/C19H21F2N4O2.K/c1-12-7-5-8-14(19(22-3)25-26-4)15(12)11-27-24-13(2)16-9-6-10-17(23-16)18(20)21;/h5-10,18H,11H2,1-4H3;/q-1;+1/b24-13+;. The van der Waals surface area contributed by atoms with Crippen molar-refractivity contribution in [1.82, 2.24) is 4.98 Å². The molecular weight excluding hydrogens is 393 g/mol. The van der Waals surface area contributed by atoms with E-state index in [1.807, 2.05) is 25.1 Å². The van der Waals surface area contributed by atoms with E-state index in [9.17, 15) is 8.78 Å². The summed E-state index contributed by atoms with van der Waals surface area (Å²) in [6.07, 6.45) is -2.63. The van der Waals surface area contributed by atoms with Crippen LogP contribution >= 0.6 is 0 Å². The maximum Gasteiger partial charge on any atom is 1.00 e. The van der Waals surface area contributed by atoms with Crippen LogP contribution in [0.25, 0.3) is 5.32 Å². The maximum absolute atomic E-state index is 12.8. The molecule has 0 saturated carbocycles. The van der Waals surface area contributed by atoms with Crippen LogP contribution in [0.3, 0.4) is 0 Å². The van der Waals surface area contributed by atoms with E-state index in [1.165, 1.54) is 19.2 Å². The van der Waals surface area contributed by atoms with E-state index in [2.05, 4.69) is 20.6 Å². The summed E-state index contributed by atoms with van der Waals surface area (Å²) in [7, 11) is 3.07. The molecule has 2 aromatic rings. The summed E-state index contributed by atoms with van der Waals surface area (Å²) >= 11 is 0. The van der Waals surface area contributed by atoms with Gasteiger partial charge in [-0.15, -0.1) is 0 Å². The second-order valence-corrected chi connectivity index (χ2v) is 5.62. The van der Waals surface area contributed by atoms with Crippen LogP contribution in [-0.2, 0) is 16.3 Å². The Bertz CT molecular complexity index is 844. The molecule has 0 aliphatic rings. The number of oxime groups is 2. The van der Waals surface area contributed by atoms with Crippen molar-refractivity contribution in [3.05, 3.63) is 69.8 Å². The molecule has 0 bridgehead atoms. The maximum atomic E-state index is 12.8. The average Bonchev–Trinajstić information content (AvgIpc) is 2.67. The second-order valence-electron chi connectivity index (χ2n) is 5.62. The molecule has 0 saturated heterocycles. The normalized spacial score (nSPS) is 11.8. The van der Waals surface area contributed by atoms with E-state index < -0.39 is 6.43 Å². The minimum Gasteiger partial charge on any atom is -0.497 e. The molecule has 2 rings (SSSR count). The summed E-state index contributed by atoms with van der Waals surface area (Å²) in [6.45, 7) is 3.74. The second kappa shape index (κ2) is 12.2. The first-order valence-corrected chi connectivity index (χ1v) is 8.19. The predicted molar refractivity (Wildman–Crippen MR) is 100 cm³/mol. The number of rotatable bonds is 7. The smallest absolute Gasteiger partial charge is 0.497 e. The summed E-state index contributed by atoms with van der Waals surface area (Å²) in [5.41, 5.74) is 3.04. The van der Waals surface area contributed by atoms with Crippen LogP contribution in [0.1, 0.15) is 41.4 Å². The minimum atomic E-state index is -2.63. The van der Waals surface area contributed by atoms with Gasteiger partial charge in [0.2, 0.25) is 0 Å². The number of hydrogen-bond donors (Lipinski definition) is 0. The van der Waals surface area contributed by atoms with Gasteiger partial charge < -0.3 is 15.0 Å². The van der Waals surface area contributed by atoms with Crippen LogP contribution in [0, 0.1) is 6.92 Å². The van der Waals surface area contributed by atoms with Crippen LogP contribution in [0.5, 0.6) is 0 Å². The molecule has 1 aromatic heterocycles. The zero-order valence-corrected chi connectivity index (χ0v) is 19.7. The SMILES string of the molecule is C[N-]/C(=N/OC)c1cccc(C)c1CO/N=C(\C)c1cccc(C(F)F)n1.[K+]. The molecule has 0 fully saturated rings. The topological polar surface area (TPSA) is 70.2 Å². The Morgan fingerprint density at radius 2 is 1.89 bits per heavy atom. The number of amidine groups is 1. The Balaban J connectivity index is 0.00000392. The van der Waals surface area contributed by atoms with Crippen molar-refractivity contribution in [2.45, 2.75) is 26.9 Å². The zero-order chi connectivity index (χ0) is 19.8. The molecule has 9 heteroatoms. The first-order chi connectivity index (χ1) is 13.0. The van der Waals surface area contributed by atoms with Crippen molar-refractivity contribution < 1.29 is 69.8 Å². The van der Waals surface area contributed by atoms with Gasteiger partial charge in [0.1, 0.15) is 18.0 Å². The fraction of sp³-hybridized carbons (Fsp3) is 0.316. The molecule has 0 N–H and O–H groups in total. The van der Waals surface area contributed by atoms with Crippen LogP contribution < -0.4 is 51.4 Å². The van der Waals surface area contributed by atoms with Gasteiger partial charge in [0.25, 0.3) is 6.43 Å². The van der Waals surface area contributed by atoms with Crippen molar-refractivity contribution in [3.63, 3.8) is 0 Å². The van der Waals surface area contributed by atoms with Gasteiger partial charge in [-0.2, -0.15) is 0 Å². The molecule has 0 unspecified atom stereocenters. The van der Waals surface area contributed by atoms with Gasteiger partial charge in [0.05, 0.1) is 12.8 Å². The molecule has 0 amide bonds. The molecule has 144 valence electrons. The third-order valence-electron chi connectivity index (χ3n) is 3.82. The molecule has 1 aromatic carbocycles. The number of nitrogens with zero attached hydrogens (tertiary/aromatic N) is 4. The first kappa shape index (κ1) is 24.6. The monoisotopic (exact) mass is 414 g/mol. The summed E-state index contributed by atoms with van der Waals surface area (Å²) < 4.78 is 25.6. The van der Waals surface area contributed by atoms with Gasteiger partial charge in [-0.1, -0.05) is 36.5 Å². The van der Waals surface area contributed by atoms with Gasteiger partial charge >= 0.3 is 51.4 Å². The predicted octanol–water partition coefficient (Wildman–Crippen LogP) is 1.58. The van der Waals surface area contributed by atoms with Crippen molar-refractivity contribution in [1.29, 1.82) is 0 Å². The van der Waals surface area contributed by atoms with Crippen LogP contribution in [0.2, 0.25) is 0 Å². The van der Waals surface area contributed by atoms with Crippen molar-refractivity contribution >= 4 is 11.5 Å². The van der Waals surface area contributed by atoms with E-state index in [0.29, 0.717) is 17.2 Å². The molecule has 1 heterocycles. The van der Waals surface area contributed by atoms with Crippen LogP contribution in [0.4, 0.5) is 8.78 Å². The first-order valence-electron chi connectivity index (χ1n) is 8.19. The number of benzene rings is 1. The van der Waals surface area contributed by atoms with Gasteiger partial charge in [-0.25, -0.2) is 13.8 Å². The Labute approximate surface area is 205 Å². The fourth-order valence-corrected chi connectivity index (χ4v) is 2.42. The quantitative estimate of drug-likeness (QED) is 0.299. The summed E-state index contributed by atoms with van der Waals surface area (Å²) in [5.74, 6) is 0.437. The molecule has 28 heavy (non-hydrogen) atoms. The van der Waals surface area contributed by atoms with Gasteiger partial charge in [-0.3, -0.25) is 5.16 Å². The minimum absolute atomic E-state index is 0. The van der Waals surface area contributed by atoms with Crippen molar-refractivity contribution in [2.75, 3.05) is 14.2 Å². The molecule has 0 aliphatic heterocycles. The van der Waals surface area contributed by atoms with E-state index in [-0.39, 0.29) is 63.7 Å². The zero-order valence-electron chi connectivity index (χ0n) is 16.6. The van der Waals surface area contributed by atoms with E-state index in [0.717, 1.165) is 16.7 Å². The Kier molecular flexibility index (Phi) is 10.8. The number of pyridine rings is 1. The van der Waals surface area contributed by atoms with E-state index in [1.54, 1.807) is 20.0 Å². The number of aryl methyl sites for hydroxylation is 1. The van der Waals surface area contributed by atoms with Crippen LogP contribution in [-0.4, -0.2) is 30.7 Å². The number of alkyl halides is 2. The molecule has 0 radical (unpaired) electrons. The largest absolute Gasteiger partial charge is 1.00 e. The molecule has 6 nitrogen and oxygen atoms in total. The Morgan fingerprint density at radius 3 is 2.54 bits per heavy atom. The third kappa shape index (κ3) is 6.59. The Morgan fingerprint density at radius 1 is 1.18 bits per heavy atom. The van der Waals surface area contributed by atoms with Gasteiger partial charge in [-0.05, 0) is 42.9 Å². The van der Waals surface area contributed by atoms with E-state index >= 15 is 0 Å². The van der Waals surface area contributed by atoms with Gasteiger partial charge in [0.15, 0.2) is 0 Å². The number of hydrogen-bond acceptors (Lipinski definition) is 5. The summed E-state index contributed by atoms with van der Waals surface area (Å²) in [5, 5.41) is 12.0. The summed E-state index contributed by atoms with van der Waals surface area (Å²) in [4.78, 5) is 14.2. The van der Waals surface area contributed by atoms with Crippen LogP contribution in [0.15, 0.2) is 46.7 Å². The number of halogens is 2. The molecule has 0 spiro atoms. The van der Waals surface area contributed by atoms with E-state index in [4.69, 9.17) is 9.68 Å². The van der Waals surface area contributed by atoms with Crippen molar-refractivity contribution in [3.8, 4) is 0 Å². The molecule has 0 aliphatic carbocycles.